The second kappa shape index (κ2) is 10.2. The quantitative estimate of drug-likeness (QED) is 0.206. The third-order valence-electron chi connectivity index (χ3n) is 4.64. The van der Waals surface area contributed by atoms with Crippen LogP contribution in [0.15, 0.2) is 103 Å². The van der Waals surface area contributed by atoms with Crippen LogP contribution in [0.3, 0.4) is 0 Å². The van der Waals surface area contributed by atoms with Gasteiger partial charge in [-0.25, -0.2) is 0 Å². The minimum absolute atomic E-state index is 0.0172. The molecule has 0 fully saturated rings. The normalized spacial score (nSPS) is 9.56. The summed E-state index contributed by atoms with van der Waals surface area (Å²) in [5.41, 5.74) is 4.31. The molecular formula is C28H17N3Se. The van der Waals surface area contributed by atoms with E-state index in [1.807, 2.05) is 72.8 Å². The monoisotopic (exact) mass is 475 g/mol. The van der Waals surface area contributed by atoms with Gasteiger partial charge >= 0.3 is 194 Å². The summed E-state index contributed by atoms with van der Waals surface area (Å²) < 4.78 is 2.01. The molecule has 3 aromatic carbocycles. The van der Waals surface area contributed by atoms with E-state index in [1.54, 1.807) is 6.08 Å². The second-order valence-corrected chi connectivity index (χ2v) is 9.13. The molecule has 0 N–H and O–H groups in total. The summed E-state index contributed by atoms with van der Waals surface area (Å²) >= 11 is 0.0172. The van der Waals surface area contributed by atoms with Gasteiger partial charge in [0.1, 0.15) is 0 Å². The first-order valence-corrected chi connectivity index (χ1v) is 11.6. The summed E-state index contributed by atoms with van der Waals surface area (Å²) in [5.74, 6) is 6.46. The van der Waals surface area contributed by atoms with E-state index in [-0.39, 0.29) is 20.1 Å². The molecule has 4 heteroatoms. The van der Waals surface area contributed by atoms with Crippen LogP contribution in [0.25, 0.3) is 6.08 Å². The predicted octanol–water partition coefficient (Wildman–Crippen LogP) is 6.04. The molecule has 0 saturated carbocycles. The van der Waals surface area contributed by atoms with Crippen LogP contribution >= 0.6 is 0 Å². The van der Waals surface area contributed by atoms with E-state index < -0.39 is 0 Å². The molecule has 0 radical (unpaired) electrons. The van der Waals surface area contributed by atoms with Crippen LogP contribution < -0.4 is 4.90 Å². The van der Waals surface area contributed by atoms with Gasteiger partial charge in [-0.3, -0.25) is 0 Å². The SMILES string of the molecule is N#CC(C#N)=Cc1ccc(C#Cc2ccc(N(c3ccccc3)c3ccccc3)cc2)[se]1. The fourth-order valence-corrected chi connectivity index (χ4v) is 4.85. The summed E-state index contributed by atoms with van der Waals surface area (Å²) in [5, 5.41) is 17.8. The molecule has 0 spiro atoms. The summed E-state index contributed by atoms with van der Waals surface area (Å²) in [7, 11) is 0. The van der Waals surface area contributed by atoms with Crippen molar-refractivity contribution in [2.24, 2.45) is 0 Å². The van der Waals surface area contributed by atoms with E-state index in [2.05, 4.69) is 53.1 Å². The van der Waals surface area contributed by atoms with Crippen molar-refractivity contribution >= 4 is 37.6 Å². The summed E-state index contributed by atoms with van der Waals surface area (Å²) in [6.45, 7) is 0. The second-order valence-electron chi connectivity index (χ2n) is 6.79. The Morgan fingerprint density at radius 1 is 0.656 bits per heavy atom. The molecule has 4 aromatic rings. The molecule has 0 atom stereocenters. The number of nitrogens with zero attached hydrogens (tertiary/aromatic N) is 3. The molecule has 0 aliphatic carbocycles. The summed E-state index contributed by atoms with van der Waals surface area (Å²) in [6.07, 6.45) is 1.64. The van der Waals surface area contributed by atoms with Gasteiger partial charge in [-0.15, -0.1) is 0 Å². The van der Waals surface area contributed by atoms with Gasteiger partial charge in [0.05, 0.1) is 0 Å². The number of anilines is 3. The maximum absolute atomic E-state index is 8.90. The Morgan fingerprint density at radius 3 is 1.78 bits per heavy atom. The van der Waals surface area contributed by atoms with Crippen molar-refractivity contribution in [2.75, 3.05) is 4.90 Å². The Hall–Kier alpha value is -4.26. The van der Waals surface area contributed by atoms with E-state index in [1.165, 1.54) is 0 Å². The average Bonchev–Trinajstić information content (AvgIpc) is 3.31. The van der Waals surface area contributed by atoms with Gasteiger partial charge in [-0.2, -0.15) is 0 Å². The van der Waals surface area contributed by atoms with E-state index in [4.69, 9.17) is 10.5 Å². The van der Waals surface area contributed by atoms with Gasteiger partial charge in [-0.1, -0.05) is 0 Å². The van der Waals surface area contributed by atoms with Crippen LogP contribution in [-0.2, 0) is 0 Å². The van der Waals surface area contributed by atoms with Gasteiger partial charge in [0, 0.05) is 0 Å². The number of nitriles is 2. The van der Waals surface area contributed by atoms with Crippen molar-refractivity contribution in [3.05, 3.63) is 117 Å². The molecule has 4 rings (SSSR count). The standard InChI is InChI=1S/C28H17N3Se/c29-20-23(21-30)19-28-18-17-27(32-28)16-13-22-11-14-26(15-12-22)31(24-7-3-1-4-8-24)25-9-5-2-6-10-25/h1-12,14-15,17-19H. The number of para-hydroxylation sites is 2. The van der Waals surface area contributed by atoms with Crippen molar-refractivity contribution in [3.63, 3.8) is 0 Å². The first-order chi connectivity index (χ1) is 15.8. The van der Waals surface area contributed by atoms with Crippen molar-refractivity contribution in [3.8, 4) is 24.0 Å². The van der Waals surface area contributed by atoms with Crippen molar-refractivity contribution < 1.29 is 0 Å². The molecule has 150 valence electrons. The molecule has 0 saturated heterocycles. The Kier molecular flexibility index (Phi) is 6.67. The molecule has 1 heterocycles. The van der Waals surface area contributed by atoms with Crippen LogP contribution in [0, 0.1) is 34.5 Å². The molecule has 32 heavy (non-hydrogen) atoms. The van der Waals surface area contributed by atoms with E-state index in [9.17, 15) is 0 Å². The van der Waals surface area contributed by atoms with Crippen LogP contribution in [0.4, 0.5) is 17.1 Å². The van der Waals surface area contributed by atoms with E-state index in [0.717, 1.165) is 31.5 Å². The first kappa shape index (κ1) is 21.0. The topological polar surface area (TPSA) is 50.8 Å². The zero-order valence-electron chi connectivity index (χ0n) is 17.1. The van der Waals surface area contributed by atoms with Crippen LogP contribution in [0.2, 0.25) is 0 Å². The molecule has 3 nitrogen and oxygen atoms in total. The molecule has 0 bridgehead atoms. The van der Waals surface area contributed by atoms with Crippen LogP contribution in [0.5, 0.6) is 0 Å². The molecule has 0 aliphatic rings. The minimum atomic E-state index is 0.0172. The van der Waals surface area contributed by atoms with Crippen LogP contribution in [0.1, 0.15) is 14.4 Å². The number of allylic oxidation sites excluding steroid dienone is 1. The van der Waals surface area contributed by atoms with Crippen molar-refractivity contribution in [2.45, 2.75) is 0 Å². The number of rotatable bonds is 4. The summed E-state index contributed by atoms with van der Waals surface area (Å²) in [4.78, 5) is 2.21. The van der Waals surface area contributed by atoms with Crippen molar-refractivity contribution in [1.82, 2.24) is 0 Å². The number of benzene rings is 3. The van der Waals surface area contributed by atoms with Crippen molar-refractivity contribution in [1.29, 1.82) is 10.5 Å². The maximum atomic E-state index is 8.90. The molecular weight excluding hydrogens is 457 g/mol. The third-order valence-corrected chi connectivity index (χ3v) is 6.63. The van der Waals surface area contributed by atoms with Gasteiger partial charge in [0.25, 0.3) is 0 Å². The zero-order valence-corrected chi connectivity index (χ0v) is 18.8. The zero-order chi connectivity index (χ0) is 22.2. The van der Waals surface area contributed by atoms with Gasteiger partial charge in [0.2, 0.25) is 0 Å². The van der Waals surface area contributed by atoms with E-state index >= 15 is 0 Å². The van der Waals surface area contributed by atoms with Gasteiger partial charge < -0.3 is 0 Å². The van der Waals surface area contributed by atoms with E-state index in [0.29, 0.717) is 0 Å². The molecule has 0 aliphatic heterocycles. The summed E-state index contributed by atoms with van der Waals surface area (Å²) in [6, 6.07) is 36.5. The Balaban J connectivity index is 1.59. The number of hydrogen-bond acceptors (Lipinski definition) is 3. The molecule has 0 unspecified atom stereocenters. The fourth-order valence-electron chi connectivity index (χ4n) is 3.16. The Morgan fingerprint density at radius 2 is 1.22 bits per heavy atom. The Bertz CT molecular complexity index is 1320. The van der Waals surface area contributed by atoms with Gasteiger partial charge in [-0.05, 0) is 0 Å². The molecule has 0 amide bonds. The molecule has 1 aromatic heterocycles. The predicted molar refractivity (Wildman–Crippen MR) is 130 cm³/mol. The Labute approximate surface area is 193 Å². The average molecular weight is 474 g/mol. The first-order valence-electron chi connectivity index (χ1n) is 9.91. The third kappa shape index (κ3) is 5.07. The van der Waals surface area contributed by atoms with Crippen LogP contribution in [-0.4, -0.2) is 14.5 Å². The van der Waals surface area contributed by atoms with Gasteiger partial charge in [0.15, 0.2) is 0 Å². The number of hydrogen-bond donors (Lipinski definition) is 0. The fraction of sp³-hybridized carbons (Fsp3) is 0.